The molecule has 1 nitrogen and oxygen atoms in total. The second-order valence-corrected chi connectivity index (χ2v) is 4.85. The first-order valence-electron chi connectivity index (χ1n) is 6.74. The maximum Gasteiger partial charge on any atom is 0.416 e. The van der Waals surface area contributed by atoms with Crippen molar-refractivity contribution in [3.8, 4) is 22.5 Å². The summed E-state index contributed by atoms with van der Waals surface area (Å²) in [5.74, 6) is 0. The molecule has 2 aromatic carbocycles. The largest absolute Gasteiger partial charge is 0.416 e. The predicted octanol–water partition coefficient (Wildman–Crippen LogP) is 5.43. The molecule has 3 rings (SSSR count). The minimum atomic E-state index is -4.35. The third-order valence-electron chi connectivity index (χ3n) is 3.30. The van der Waals surface area contributed by atoms with Gasteiger partial charge >= 0.3 is 6.18 Å². The normalized spacial score (nSPS) is 11.4. The maximum absolute atomic E-state index is 12.8. The number of halogens is 3. The molecule has 0 radical (unpaired) electrons. The fraction of sp³-hybridized carbons (Fsp3) is 0.0556. The Labute approximate surface area is 126 Å². The average molecular weight is 299 g/mol. The van der Waals surface area contributed by atoms with Crippen molar-refractivity contribution in [3.05, 3.63) is 78.4 Å². The van der Waals surface area contributed by atoms with Crippen LogP contribution in [0.1, 0.15) is 5.56 Å². The van der Waals surface area contributed by atoms with Crippen molar-refractivity contribution in [2.45, 2.75) is 6.18 Å². The summed E-state index contributed by atoms with van der Waals surface area (Å²) in [6.45, 7) is 0. The Kier molecular flexibility index (Phi) is 3.67. The molecular formula is C18H12F3N. The van der Waals surface area contributed by atoms with Crippen LogP contribution in [0.3, 0.4) is 0 Å². The van der Waals surface area contributed by atoms with Gasteiger partial charge in [0.25, 0.3) is 0 Å². The van der Waals surface area contributed by atoms with Gasteiger partial charge in [0.05, 0.1) is 17.0 Å². The van der Waals surface area contributed by atoms with Crippen molar-refractivity contribution in [2.24, 2.45) is 0 Å². The summed E-state index contributed by atoms with van der Waals surface area (Å²) in [7, 11) is 0. The number of aromatic nitrogens is 1. The molecule has 0 aliphatic rings. The third-order valence-corrected chi connectivity index (χ3v) is 3.30. The average Bonchev–Trinajstić information content (AvgIpc) is 2.55. The summed E-state index contributed by atoms with van der Waals surface area (Å²) in [4.78, 5) is 4.47. The SMILES string of the molecule is FC(F)(F)c1cccc(-c2cccc(-c3ccccc3)n2)c1. The first kappa shape index (κ1) is 14.3. The minimum absolute atomic E-state index is 0.451. The number of benzene rings is 2. The lowest BCUT2D eigenvalue weighted by Gasteiger charge is -2.09. The molecule has 22 heavy (non-hydrogen) atoms. The van der Waals surface area contributed by atoms with Gasteiger partial charge in [-0.25, -0.2) is 4.98 Å². The smallest absolute Gasteiger partial charge is 0.248 e. The molecule has 0 unspecified atom stereocenters. The lowest BCUT2D eigenvalue weighted by Crippen LogP contribution is -2.04. The van der Waals surface area contributed by atoms with Gasteiger partial charge in [-0.15, -0.1) is 0 Å². The van der Waals surface area contributed by atoms with Crippen LogP contribution in [0.4, 0.5) is 13.2 Å². The van der Waals surface area contributed by atoms with E-state index < -0.39 is 11.7 Å². The van der Waals surface area contributed by atoms with Gasteiger partial charge in [0.15, 0.2) is 0 Å². The number of alkyl halides is 3. The molecule has 0 fully saturated rings. The van der Waals surface area contributed by atoms with E-state index in [0.717, 1.165) is 23.4 Å². The zero-order chi connectivity index (χ0) is 15.6. The molecule has 4 heteroatoms. The predicted molar refractivity (Wildman–Crippen MR) is 80.1 cm³/mol. The van der Waals surface area contributed by atoms with Crippen LogP contribution in [0, 0.1) is 0 Å². The molecule has 0 bridgehead atoms. The summed E-state index contributed by atoms with van der Waals surface area (Å²) in [6.07, 6.45) is -4.35. The van der Waals surface area contributed by atoms with Crippen LogP contribution >= 0.6 is 0 Å². The molecule has 3 aromatic rings. The molecule has 110 valence electrons. The molecule has 0 atom stereocenters. The number of hydrogen-bond acceptors (Lipinski definition) is 1. The van der Waals surface area contributed by atoms with E-state index in [0.29, 0.717) is 11.3 Å². The maximum atomic E-state index is 12.8. The van der Waals surface area contributed by atoms with Crippen LogP contribution in [-0.4, -0.2) is 4.98 Å². The highest BCUT2D eigenvalue weighted by atomic mass is 19.4. The molecule has 0 spiro atoms. The van der Waals surface area contributed by atoms with Crippen LogP contribution in [0.2, 0.25) is 0 Å². The van der Waals surface area contributed by atoms with Crippen LogP contribution in [0.25, 0.3) is 22.5 Å². The lowest BCUT2D eigenvalue weighted by atomic mass is 10.1. The van der Waals surface area contributed by atoms with Gasteiger partial charge in [-0.1, -0.05) is 48.5 Å². The molecule has 0 amide bonds. The van der Waals surface area contributed by atoms with Crippen molar-refractivity contribution >= 4 is 0 Å². The van der Waals surface area contributed by atoms with Gasteiger partial charge in [-0.05, 0) is 24.3 Å². The Balaban J connectivity index is 2.03. The summed E-state index contributed by atoms with van der Waals surface area (Å²) in [6, 6.07) is 20.1. The first-order chi connectivity index (χ1) is 10.5. The van der Waals surface area contributed by atoms with Crippen LogP contribution in [-0.2, 0) is 6.18 Å². The monoisotopic (exact) mass is 299 g/mol. The van der Waals surface area contributed by atoms with E-state index >= 15 is 0 Å². The first-order valence-corrected chi connectivity index (χ1v) is 6.74. The third kappa shape index (κ3) is 3.01. The molecule has 1 heterocycles. The van der Waals surface area contributed by atoms with Gasteiger partial charge in [0, 0.05) is 11.1 Å². The lowest BCUT2D eigenvalue weighted by molar-refractivity contribution is -0.137. The van der Waals surface area contributed by atoms with Crippen LogP contribution in [0.5, 0.6) is 0 Å². The van der Waals surface area contributed by atoms with Gasteiger partial charge in [-0.3, -0.25) is 0 Å². The van der Waals surface area contributed by atoms with E-state index in [1.807, 2.05) is 36.4 Å². The van der Waals surface area contributed by atoms with Crippen molar-refractivity contribution < 1.29 is 13.2 Å². The van der Waals surface area contributed by atoms with Crippen molar-refractivity contribution in [1.29, 1.82) is 0 Å². The summed E-state index contributed by atoms with van der Waals surface area (Å²) >= 11 is 0. The Hall–Kier alpha value is -2.62. The number of rotatable bonds is 2. The fourth-order valence-corrected chi connectivity index (χ4v) is 2.22. The van der Waals surface area contributed by atoms with Crippen molar-refractivity contribution in [2.75, 3.05) is 0 Å². The topological polar surface area (TPSA) is 12.9 Å². The van der Waals surface area contributed by atoms with Crippen molar-refractivity contribution in [1.82, 2.24) is 4.98 Å². The molecular weight excluding hydrogens is 287 g/mol. The van der Waals surface area contributed by atoms with E-state index in [2.05, 4.69) is 4.98 Å². The zero-order valence-electron chi connectivity index (χ0n) is 11.5. The Morgan fingerprint density at radius 2 is 1.23 bits per heavy atom. The highest BCUT2D eigenvalue weighted by molar-refractivity contribution is 5.66. The standard InChI is InChI=1S/C18H12F3N/c19-18(20,21)15-9-4-8-14(12-15)17-11-5-10-16(22-17)13-6-2-1-3-7-13/h1-12H. The Morgan fingerprint density at radius 1 is 0.636 bits per heavy atom. The Morgan fingerprint density at radius 3 is 1.91 bits per heavy atom. The Bertz CT molecular complexity index is 780. The highest BCUT2D eigenvalue weighted by Gasteiger charge is 2.30. The van der Waals surface area contributed by atoms with E-state index in [-0.39, 0.29) is 0 Å². The highest BCUT2D eigenvalue weighted by Crippen LogP contribution is 2.32. The minimum Gasteiger partial charge on any atom is -0.248 e. The van der Waals surface area contributed by atoms with Gasteiger partial charge < -0.3 is 0 Å². The van der Waals surface area contributed by atoms with E-state index in [9.17, 15) is 13.2 Å². The number of hydrogen-bond donors (Lipinski definition) is 0. The van der Waals surface area contributed by atoms with Gasteiger partial charge in [-0.2, -0.15) is 13.2 Å². The summed E-state index contributed by atoms with van der Waals surface area (Å²) in [5.41, 5.74) is 1.96. The van der Waals surface area contributed by atoms with E-state index in [1.54, 1.807) is 18.2 Å². The van der Waals surface area contributed by atoms with Gasteiger partial charge in [0.2, 0.25) is 0 Å². The van der Waals surface area contributed by atoms with Crippen LogP contribution in [0.15, 0.2) is 72.8 Å². The van der Waals surface area contributed by atoms with E-state index in [1.165, 1.54) is 6.07 Å². The van der Waals surface area contributed by atoms with Crippen molar-refractivity contribution in [3.63, 3.8) is 0 Å². The number of nitrogens with zero attached hydrogens (tertiary/aromatic N) is 1. The fourth-order valence-electron chi connectivity index (χ4n) is 2.22. The van der Waals surface area contributed by atoms with Gasteiger partial charge in [0.1, 0.15) is 0 Å². The molecule has 0 N–H and O–H groups in total. The molecule has 0 saturated heterocycles. The molecule has 0 saturated carbocycles. The second-order valence-electron chi connectivity index (χ2n) is 4.85. The summed E-state index contributed by atoms with van der Waals surface area (Å²) < 4.78 is 38.4. The number of pyridine rings is 1. The molecule has 0 aliphatic heterocycles. The summed E-state index contributed by atoms with van der Waals surface area (Å²) in [5, 5.41) is 0. The van der Waals surface area contributed by atoms with E-state index in [4.69, 9.17) is 0 Å². The molecule has 0 aliphatic carbocycles. The second kappa shape index (κ2) is 5.64. The quantitative estimate of drug-likeness (QED) is 0.614. The zero-order valence-corrected chi connectivity index (χ0v) is 11.5. The van der Waals surface area contributed by atoms with Crippen LogP contribution < -0.4 is 0 Å². The molecule has 1 aromatic heterocycles.